The minimum atomic E-state index is -0.938. The summed E-state index contributed by atoms with van der Waals surface area (Å²) in [5.74, 6) is -0.0931. The van der Waals surface area contributed by atoms with Crippen molar-refractivity contribution in [1.29, 1.82) is 0 Å². The quantitative estimate of drug-likeness (QED) is 0.761. The number of carbonyl (C=O) groups is 2. The Bertz CT molecular complexity index is 640. The highest BCUT2D eigenvalue weighted by Crippen LogP contribution is 2.71. The standard InChI is InChI=1S/C20H28O4/c1-17-6-3-7-18(2,16(22)23)14(17)4-8-19-10-13(11-21)20(24,12-19)9-5-15(17)19/h10-11,14-15,24H,3-9,12H2,1-2H3,(H,22,23)/t14-,15-,17+,18+,19?,20-/m0/s1. The lowest BCUT2D eigenvalue weighted by Crippen LogP contribution is -2.59. The summed E-state index contributed by atoms with van der Waals surface area (Å²) in [6.45, 7) is 4.23. The molecule has 3 fully saturated rings. The van der Waals surface area contributed by atoms with Crippen LogP contribution in [0.4, 0.5) is 0 Å². The normalized spacial score (nSPS) is 52.9. The van der Waals surface area contributed by atoms with Crippen LogP contribution in [0.25, 0.3) is 0 Å². The molecule has 132 valence electrons. The lowest BCUT2D eigenvalue weighted by Gasteiger charge is -2.63. The van der Waals surface area contributed by atoms with Gasteiger partial charge in [0.2, 0.25) is 0 Å². The van der Waals surface area contributed by atoms with Gasteiger partial charge < -0.3 is 10.2 Å². The molecule has 2 bridgehead atoms. The number of hydrogen-bond donors (Lipinski definition) is 2. The van der Waals surface area contributed by atoms with Gasteiger partial charge in [-0.05, 0) is 74.5 Å². The predicted molar refractivity (Wildman–Crippen MR) is 89.3 cm³/mol. The Morgan fingerprint density at radius 1 is 1.17 bits per heavy atom. The molecule has 4 aliphatic carbocycles. The van der Waals surface area contributed by atoms with Crippen molar-refractivity contribution in [1.82, 2.24) is 0 Å². The summed E-state index contributed by atoms with van der Waals surface area (Å²) in [5, 5.41) is 20.8. The van der Waals surface area contributed by atoms with Crippen molar-refractivity contribution in [3.63, 3.8) is 0 Å². The topological polar surface area (TPSA) is 74.6 Å². The average Bonchev–Trinajstić information content (AvgIpc) is 2.72. The second kappa shape index (κ2) is 4.72. The van der Waals surface area contributed by atoms with Crippen molar-refractivity contribution in [2.45, 2.75) is 70.8 Å². The molecule has 3 saturated carbocycles. The number of fused-ring (bicyclic) bond motifs is 3. The van der Waals surface area contributed by atoms with Gasteiger partial charge in [-0.25, -0.2) is 0 Å². The first kappa shape index (κ1) is 16.3. The molecule has 4 nitrogen and oxygen atoms in total. The SMILES string of the molecule is C[C@@]12CCC[C@@](C)(C(=O)O)[C@H]1CCC13C=C(C=O)[C@](O)(CC[C@H]12)C3. The fraction of sp³-hybridized carbons (Fsp3) is 0.800. The van der Waals surface area contributed by atoms with Crippen molar-refractivity contribution < 1.29 is 19.8 Å². The second-order valence-electron chi connectivity index (χ2n) is 9.42. The molecule has 0 aromatic rings. The maximum Gasteiger partial charge on any atom is 0.309 e. The van der Waals surface area contributed by atoms with Gasteiger partial charge in [-0.3, -0.25) is 9.59 Å². The highest BCUT2D eigenvalue weighted by Gasteiger charge is 2.66. The van der Waals surface area contributed by atoms with Crippen molar-refractivity contribution in [2.75, 3.05) is 0 Å². The first-order valence-electron chi connectivity index (χ1n) is 9.35. The lowest BCUT2D eigenvalue weighted by molar-refractivity contribution is -0.183. The minimum Gasteiger partial charge on any atom is -0.481 e. The Morgan fingerprint density at radius 2 is 1.88 bits per heavy atom. The molecular formula is C20H28O4. The number of aliphatic carboxylic acids is 1. The molecule has 4 heteroatoms. The van der Waals surface area contributed by atoms with E-state index in [4.69, 9.17) is 0 Å². The Labute approximate surface area is 143 Å². The van der Waals surface area contributed by atoms with E-state index in [9.17, 15) is 19.8 Å². The van der Waals surface area contributed by atoms with E-state index in [1.54, 1.807) is 0 Å². The molecule has 0 aliphatic heterocycles. The van der Waals surface area contributed by atoms with E-state index in [0.717, 1.165) is 44.8 Å². The number of aldehydes is 1. The summed E-state index contributed by atoms with van der Waals surface area (Å²) in [7, 11) is 0. The summed E-state index contributed by atoms with van der Waals surface area (Å²) >= 11 is 0. The third-order valence-electron chi connectivity index (χ3n) is 8.43. The van der Waals surface area contributed by atoms with Gasteiger partial charge in [-0.2, -0.15) is 0 Å². The van der Waals surface area contributed by atoms with Crippen LogP contribution in [0.3, 0.4) is 0 Å². The molecule has 4 aliphatic rings. The van der Waals surface area contributed by atoms with E-state index in [1.165, 1.54) is 0 Å². The summed E-state index contributed by atoms with van der Waals surface area (Å²) in [6.07, 6.45) is 9.68. The molecule has 0 heterocycles. The number of aliphatic hydroxyl groups is 1. The zero-order valence-corrected chi connectivity index (χ0v) is 14.7. The molecular weight excluding hydrogens is 304 g/mol. The molecule has 24 heavy (non-hydrogen) atoms. The summed E-state index contributed by atoms with van der Waals surface area (Å²) in [6, 6.07) is 0. The molecule has 1 spiro atoms. The number of rotatable bonds is 2. The number of allylic oxidation sites excluding steroid dienone is 1. The summed E-state index contributed by atoms with van der Waals surface area (Å²) in [4.78, 5) is 23.5. The Balaban J connectivity index is 1.78. The van der Waals surface area contributed by atoms with Gasteiger partial charge in [-0.1, -0.05) is 19.4 Å². The van der Waals surface area contributed by atoms with Crippen LogP contribution in [0.5, 0.6) is 0 Å². The molecule has 2 N–H and O–H groups in total. The number of hydrogen-bond acceptors (Lipinski definition) is 3. The van der Waals surface area contributed by atoms with Gasteiger partial charge in [0.25, 0.3) is 0 Å². The van der Waals surface area contributed by atoms with E-state index in [-0.39, 0.29) is 16.7 Å². The molecule has 1 unspecified atom stereocenters. The Hall–Kier alpha value is -1.16. The fourth-order valence-electron chi connectivity index (χ4n) is 7.38. The average molecular weight is 332 g/mol. The van der Waals surface area contributed by atoms with E-state index >= 15 is 0 Å². The molecule has 0 saturated heterocycles. The fourth-order valence-corrected chi connectivity index (χ4v) is 7.38. The summed E-state index contributed by atoms with van der Waals surface area (Å²) in [5.41, 5.74) is -1.13. The highest BCUT2D eigenvalue weighted by atomic mass is 16.4. The maximum absolute atomic E-state index is 12.0. The van der Waals surface area contributed by atoms with Crippen LogP contribution in [-0.4, -0.2) is 28.1 Å². The van der Waals surface area contributed by atoms with Crippen LogP contribution < -0.4 is 0 Å². The molecule has 6 atom stereocenters. The van der Waals surface area contributed by atoms with E-state index in [2.05, 4.69) is 13.0 Å². The zero-order chi connectivity index (χ0) is 17.4. The second-order valence-corrected chi connectivity index (χ2v) is 9.42. The monoisotopic (exact) mass is 332 g/mol. The van der Waals surface area contributed by atoms with Crippen LogP contribution in [-0.2, 0) is 9.59 Å². The van der Waals surface area contributed by atoms with Gasteiger partial charge in [0.15, 0.2) is 0 Å². The number of carboxylic acids is 1. The van der Waals surface area contributed by atoms with Crippen molar-refractivity contribution in [2.24, 2.45) is 28.1 Å². The largest absolute Gasteiger partial charge is 0.481 e. The van der Waals surface area contributed by atoms with Crippen LogP contribution in [0.15, 0.2) is 11.6 Å². The maximum atomic E-state index is 12.0. The molecule has 0 amide bonds. The minimum absolute atomic E-state index is 0.0141. The molecule has 0 radical (unpaired) electrons. The first-order valence-corrected chi connectivity index (χ1v) is 9.35. The van der Waals surface area contributed by atoms with E-state index in [1.807, 2.05) is 6.92 Å². The van der Waals surface area contributed by atoms with Gasteiger partial charge in [0, 0.05) is 5.57 Å². The third-order valence-corrected chi connectivity index (χ3v) is 8.43. The van der Waals surface area contributed by atoms with E-state index < -0.39 is 17.0 Å². The zero-order valence-electron chi connectivity index (χ0n) is 14.7. The molecule has 0 aromatic carbocycles. The van der Waals surface area contributed by atoms with Crippen LogP contribution in [0, 0.1) is 28.1 Å². The van der Waals surface area contributed by atoms with Crippen LogP contribution in [0.1, 0.15) is 65.2 Å². The van der Waals surface area contributed by atoms with Gasteiger partial charge in [-0.15, -0.1) is 0 Å². The first-order chi connectivity index (χ1) is 11.2. The van der Waals surface area contributed by atoms with Crippen molar-refractivity contribution >= 4 is 12.3 Å². The van der Waals surface area contributed by atoms with Gasteiger partial charge >= 0.3 is 5.97 Å². The van der Waals surface area contributed by atoms with Crippen molar-refractivity contribution in [3.05, 3.63) is 11.6 Å². The summed E-state index contributed by atoms with van der Waals surface area (Å²) < 4.78 is 0. The van der Waals surface area contributed by atoms with Crippen LogP contribution >= 0.6 is 0 Å². The van der Waals surface area contributed by atoms with E-state index in [0.29, 0.717) is 24.3 Å². The Morgan fingerprint density at radius 3 is 2.54 bits per heavy atom. The smallest absolute Gasteiger partial charge is 0.309 e. The van der Waals surface area contributed by atoms with Crippen molar-refractivity contribution in [3.8, 4) is 0 Å². The number of carbonyl (C=O) groups excluding carboxylic acids is 1. The predicted octanol–water partition coefficient (Wildman–Crippen LogP) is 3.33. The Kier molecular flexibility index (Phi) is 3.21. The van der Waals surface area contributed by atoms with Gasteiger partial charge in [0.05, 0.1) is 11.0 Å². The molecule has 0 aromatic heterocycles. The number of carboxylic acid groups (broad SMARTS) is 1. The van der Waals surface area contributed by atoms with Crippen LogP contribution in [0.2, 0.25) is 0 Å². The third kappa shape index (κ3) is 1.78. The van der Waals surface area contributed by atoms with Gasteiger partial charge in [0.1, 0.15) is 6.29 Å². The highest BCUT2D eigenvalue weighted by molar-refractivity contribution is 5.78. The molecule has 4 rings (SSSR count). The lowest BCUT2D eigenvalue weighted by atomic mass is 9.41.